The second kappa shape index (κ2) is 7.11. The van der Waals surface area contributed by atoms with E-state index in [1.807, 2.05) is 6.92 Å². The molecule has 0 amide bonds. The van der Waals surface area contributed by atoms with Gasteiger partial charge in [-0.25, -0.2) is 4.39 Å². The number of rotatable bonds is 5. The Morgan fingerprint density at radius 1 is 1.52 bits per heavy atom. The Balaban J connectivity index is 1.92. The first kappa shape index (κ1) is 16.1. The van der Waals surface area contributed by atoms with E-state index in [0.717, 1.165) is 0 Å². The van der Waals surface area contributed by atoms with Gasteiger partial charge in [0.1, 0.15) is 5.82 Å². The minimum atomic E-state index is -0.346. The van der Waals surface area contributed by atoms with Crippen LogP contribution in [0.1, 0.15) is 29.3 Å². The molecule has 0 bridgehead atoms. The van der Waals surface area contributed by atoms with Crippen molar-refractivity contribution in [3.63, 3.8) is 0 Å². The van der Waals surface area contributed by atoms with Crippen LogP contribution in [0.3, 0.4) is 0 Å². The highest BCUT2D eigenvalue weighted by molar-refractivity contribution is 5.96. The first-order valence-corrected chi connectivity index (χ1v) is 7.27. The maximum absolute atomic E-state index is 13.5. The Kier molecular flexibility index (Phi) is 5.45. The summed E-state index contributed by atoms with van der Waals surface area (Å²) < 4.78 is 19.0. The monoisotopic (exact) mass is 295 g/mol. The van der Waals surface area contributed by atoms with Gasteiger partial charge >= 0.3 is 0 Å². The highest BCUT2D eigenvalue weighted by atomic mass is 19.1. The highest BCUT2D eigenvalue weighted by Crippen LogP contribution is 2.14. The summed E-state index contributed by atoms with van der Waals surface area (Å²) in [6.45, 7) is 5.46. The largest absolute Gasteiger partial charge is 0.394 e. The SMILES string of the molecule is Cc1ccc(C(=O)CCN2CC(CO)OCC2C)cc1F. The van der Waals surface area contributed by atoms with E-state index in [9.17, 15) is 9.18 Å². The van der Waals surface area contributed by atoms with Crippen LogP contribution in [0.2, 0.25) is 0 Å². The van der Waals surface area contributed by atoms with Crippen molar-refractivity contribution in [3.8, 4) is 0 Å². The molecule has 0 radical (unpaired) electrons. The van der Waals surface area contributed by atoms with Crippen molar-refractivity contribution >= 4 is 5.78 Å². The van der Waals surface area contributed by atoms with Crippen molar-refractivity contribution in [2.45, 2.75) is 32.4 Å². The average molecular weight is 295 g/mol. The van der Waals surface area contributed by atoms with Crippen LogP contribution in [0.4, 0.5) is 4.39 Å². The maximum Gasteiger partial charge on any atom is 0.164 e. The zero-order valence-corrected chi connectivity index (χ0v) is 12.5. The molecule has 1 aliphatic rings. The third kappa shape index (κ3) is 4.09. The fourth-order valence-corrected chi connectivity index (χ4v) is 2.45. The topological polar surface area (TPSA) is 49.8 Å². The molecule has 0 spiro atoms. The summed E-state index contributed by atoms with van der Waals surface area (Å²) in [6, 6.07) is 4.81. The standard InChI is InChI=1S/C16H22FNO3/c1-11-3-4-13(7-15(11)17)16(20)5-6-18-8-14(9-19)21-10-12(18)2/h3-4,7,12,14,19H,5-6,8-10H2,1-2H3. The lowest BCUT2D eigenvalue weighted by Gasteiger charge is -2.37. The van der Waals surface area contributed by atoms with Gasteiger partial charge in [-0.15, -0.1) is 0 Å². The molecule has 1 fully saturated rings. The lowest BCUT2D eigenvalue weighted by molar-refractivity contribution is -0.0772. The number of aryl methyl sites for hydroxylation is 1. The second-order valence-electron chi connectivity index (χ2n) is 5.62. The van der Waals surface area contributed by atoms with Crippen LogP contribution in [-0.4, -0.2) is 54.2 Å². The minimum Gasteiger partial charge on any atom is -0.394 e. The van der Waals surface area contributed by atoms with E-state index in [1.165, 1.54) is 6.07 Å². The number of halogens is 1. The first-order chi connectivity index (χ1) is 10.0. The lowest BCUT2D eigenvalue weighted by Crippen LogP contribution is -2.49. The van der Waals surface area contributed by atoms with Gasteiger partial charge in [0.25, 0.3) is 0 Å². The molecular formula is C16H22FNO3. The summed E-state index contributed by atoms with van der Waals surface area (Å²) in [5, 5.41) is 9.15. The zero-order valence-electron chi connectivity index (χ0n) is 12.5. The summed E-state index contributed by atoms with van der Waals surface area (Å²) in [6.07, 6.45) is 0.151. The molecule has 1 aromatic carbocycles. The number of carbonyl (C=O) groups is 1. The van der Waals surface area contributed by atoms with Crippen LogP contribution in [-0.2, 0) is 4.74 Å². The Morgan fingerprint density at radius 3 is 2.95 bits per heavy atom. The molecule has 5 heteroatoms. The number of nitrogens with zero attached hydrogens (tertiary/aromatic N) is 1. The predicted octanol–water partition coefficient (Wildman–Crippen LogP) is 1.79. The predicted molar refractivity (Wildman–Crippen MR) is 77.9 cm³/mol. The molecule has 1 aliphatic heterocycles. The number of aliphatic hydroxyl groups is 1. The van der Waals surface area contributed by atoms with Gasteiger partial charge in [-0.1, -0.05) is 12.1 Å². The number of benzene rings is 1. The van der Waals surface area contributed by atoms with Gasteiger partial charge in [0.2, 0.25) is 0 Å². The van der Waals surface area contributed by atoms with Crippen LogP contribution in [0.15, 0.2) is 18.2 Å². The van der Waals surface area contributed by atoms with Gasteiger partial charge in [0.05, 0.1) is 19.3 Å². The van der Waals surface area contributed by atoms with E-state index in [2.05, 4.69) is 4.90 Å². The van der Waals surface area contributed by atoms with Gasteiger partial charge in [0.15, 0.2) is 5.78 Å². The number of Topliss-reactive ketones (excluding diaryl/α,β-unsaturated/α-hetero) is 1. The van der Waals surface area contributed by atoms with Gasteiger partial charge in [-0.3, -0.25) is 9.69 Å². The molecule has 2 atom stereocenters. The number of hydrogen-bond acceptors (Lipinski definition) is 4. The molecule has 2 unspecified atom stereocenters. The molecule has 1 aromatic rings. The fourth-order valence-electron chi connectivity index (χ4n) is 2.45. The van der Waals surface area contributed by atoms with Crippen molar-refractivity contribution in [2.24, 2.45) is 0 Å². The maximum atomic E-state index is 13.5. The number of hydrogen-bond donors (Lipinski definition) is 1. The van der Waals surface area contributed by atoms with E-state index in [1.54, 1.807) is 19.1 Å². The Morgan fingerprint density at radius 2 is 2.29 bits per heavy atom. The number of ether oxygens (including phenoxy) is 1. The van der Waals surface area contributed by atoms with Crippen LogP contribution in [0.5, 0.6) is 0 Å². The molecule has 2 rings (SSSR count). The molecule has 1 heterocycles. The van der Waals surface area contributed by atoms with Gasteiger partial charge in [-0.2, -0.15) is 0 Å². The van der Waals surface area contributed by atoms with Crippen LogP contribution >= 0.6 is 0 Å². The summed E-state index contributed by atoms with van der Waals surface area (Å²) in [5.74, 6) is -0.408. The summed E-state index contributed by atoms with van der Waals surface area (Å²) in [7, 11) is 0. The van der Waals surface area contributed by atoms with E-state index >= 15 is 0 Å². The van der Waals surface area contributed by atoms with Crippen molar-refractivity contribution in [1.82, 2.24) is 4.90 Å². The number of ketones is 1. The number of carbonyl (C=O) groups excluding carboxylic acids is 1. The van der Waals surface area contributed by atoms with Crippen molar-refractivity contribution in [1.29, 1.82) is 0 Å². The molecule has 1 saturated heterocycles. The molecule has 1 N–H and O–H groups in total. The molecule has 4 nitrogen and oxygen atoms in total. The highest BCUT2D eigenvalue weighted by Gasteiger charge is 2.25. The van der Waals surface area contributed by atoms with Crippen LogP contribution in [0.25, 0.3) is 0 Å². The molecule has 116 valence electrons. The van der Waals surface area contributed by atoms with E-state index < -0.39 is 0 Å². The second-order valence-corrected chi connectivity index (χ2v) is 5.62. The van der Waals surface area contributed by atoms with E-state index in [0.29, 0.717) is 37.2 Å². The van der Waals surface area contributed by atoms with E-state index in [-0.39, 0.29) is 30.4 Å². The lowest BCUT2D eigenvalue weighted by atomic mass is 10.0. The molecule has 21 heavy (non-hydrogen) atoms. The number of aliphatic hydroxyl groups excluding tert-OH is 1. The van der Waals surface area contributed by atoms with Crippen molar-refractivity contribution in [3.05, 3.63) is 35.1 Å². The molecule has 0 saturated carbocycles. The third-order valence-electron chi connectivity index (χ3n) is 3.96. The van der Waals surface area contributed by atoms with Gasteiger partial charge < -0.3 is 9.84 Å². The quantitative estimate of drug-likeness (QED) is 0.841. The van der Waals surface area contributed by atoms with Gasteiger partial charge in [0, 0.05) is 31.1 Å². The summed E-state index contributed by atoms with van der Waals surface area (Å²) in [4.78, 5) is 14.3. The van der Waals surface area contributed by atoms with Crippen LogP contribution in [0, 0.1) is 12.7 Å². The Bertz CT molecular complexity index is 506. The average Bonchev–Trinajstić information content (AvgIpc) is 2.49. The molecule has 0 aromatic heterocycles. The summed E-state index contributed by atoms with van der Waals surface area (Å²) >= 11 is 0. The molecular weight excluding hydrogens is 273 g/mol. The fraction of sp³-hybridized carbons (Fsp3) is 0.562. The normalized spacial score (nSPS) is 23.2. The Hall–Kier alpha value is -1.30. The zero-order chi connectivity index (χ0) is 15.4. The van der Waals surface area contributed by atoms with Gasteiger partial charge in [-0.05, 0) is 25.5 Å². The Labute approximate surface area is 124 Å². The van der Waals surface area contributed by atoms with Crippen molar-refractivity contribution in [2.75, 3.05) is 26.3 Å². The number of morpholine rings is 1. The molecule has 0 aliphatic carbocycles. The summed E-state index contributed by atoms with van der Waals surface area (Å²) in [5.41, 5.74) is 0.955. The van der Waals surface area contributed by atoms with Crippen molar-refractivity contribution < 1.29 is 19.0 Å². The first-order valence-electron chi connectivity index (χ1n) is 7.27. The van der Waals surface area contributed by atoms with E-state index in [4.69, 9.17) is 9.84 Å². The minimum absolute atomic E-state index is 0.0136. The smallest absolute Gasteiger partial charge is 0.164 e. The van der Waals surface area contributed by atoms with Crippen LogP contribution < -0.4 is 0 Å². The third-order valence-corrected chi connectivity index (χ3v) is 3.96.